The summed E-state index contributed by atoms with van der Waals surface area (Å²) in [7, 11) is 0. The van der Waals surface area contributed by atoms with Gasteiger partial charge in [-0.15, -0.1) is 5.10 Å². The van der Waals surface area contributed by atoms with Crippen molar-refractivity contribution >= 4 is 11.6 Å². The number of hydrogen-bond acceptors (Lipinski definition) is 4. The summed E-state index contributed by atoms with van der Waals surface area (Å²) in [4.78, 5) is 11.8. The molecule has 0 aliphatic carbocycles. The fraction of sp³-hybridized carbons (Fsp3) is 0.308. The number of nitrogens with one attached hydrogen (secondary N) is 1. The SMILES string of the molecule is CC(C)(O)c1cn(CC(=O)Nc2ccc(F)c(F)c2)nn1. The number of anilines is 1. The number of hydrogen-bond donors (Lipinski definition) is 2. The lowest BCUT2D eigenvalue weighted by molar-refractivity contribution is -0.116. The van der Waals surface area contributed by atoms with Crippen molar-refractivity contribution in [2.45, 2.75) is 26.0 Å². The molecule has 1 aromatic heterocycles. The highest BCUT2D eigenvalue weighted by Crippen LogP contribution is 2.16. The summed E-state index contributed by atoms with van der Waals surface area (Å²) < 4.78 is 27.0. The Hall–Kier alpha value is -2.35. The van der Waals surface area contributed by atoms with Crippen LogP contribution >= 0.6 is 0 Å². The lowest BCUT2D eigenvalue weighted by Crippen LogP contribution is -2.19. The quantitative estimate of drug-likeness (QED) is 0.894. The number of carbonyl (C=O) groups is 1. The smallest absolute Gasteiger partial charge is 0.246 e. The molecule has 21 heavy (non-hydrogen) atoms. The molecule has 0 fully saturated rings. The zero-order valence-corrected chi connectivity index (χ0v) is 11.5. The van der Waals surface area contributed by atoms with E-state index in [0.717, 1.165) is 12.1 Å². The van der Waals surface area contributed by atoms with Crippen molar-refractivity contribution in [2.24, 2.45) is 0 Å². The molecule has 0 aliphatic rings. The van der Waals surface area contributed by atoms with E-state index in [-0.39, 0.29) is 12.2 Å². The van der Waals surface area contributed by atoms with Crippen molar-refractivity contribution in [3.05, 3.63) is 41.7 Å². The van der Waals surface area contributed by atoms with Gasteiger partial charge in [0.05, 0.1) is 6.20 Å². The molecule has 2 rings (SSSR count). The third-order valence-electron chi connectivity index (χ3n) is 2.67. The van der Waals surface area contributed by atoms with Crippen molar-refractivity contribution in [3.8, 4) is 0 Å². The molecule has 1 heterocycles. The Morgan fingerprint density at radius 1 is 1.38 bits per heavy atom. The number of aliphatic hydroxyl groups is 1. The number of nitrogens with zero attached hydrogens (tertiary/aromatic N) is 3. The summed E-state index contributed by atoms with van der Waals surface area (Å²) in [5.74, 6) is -2.51. The minimum Gasteiger partial charge on any atom is -0.384 e. The van der Waals surface area contributed by atoms with E-state index in [1.807, 2.05) is 0 Å². The molecule has 0 bridgehead atoms. The second-order valence-corrected chi connectivity index (χ2v) is 5.04. The number of benzene rings is 1. The predicted octanol–water partition coefficient (Wildman–Crippen LogP) is 1.42. The highest BCUT2D eigenvalue weighted by atomic mass is 19.2. The second-order valence-electron chi connectivity index (χ2n) is 5.04. The Bertz CT molecular complexity index is 664. The van der Waals surface area contributed by atoms with E-state index >= 15 is 0 Å². The topological polar surface area (TPSA) is 80.0 Å². The molecule has 0 saturated carbocycles. The second kappa shape index (κ2) is 5.57. The molecule has 0 atom stereocenters. The van der Waals surface area contributed by atoms with Crippen LogP contribution in [0.25, 0.3) is 0 Å². The van der Waals surface area contributed by atoms with Crippen molar-refractivity contribution in [1.29, 1.82) is 0 Å². The van der Waals surface area contributed by atoms with Crippen LogP contribution in [0, 0.1) is 11.6 Å². The van der Waals surface area contributed by atoms with E-state index in [2.05, 4.69) is 15.6 Å². The number of amides is 1. The number of carbonyl (C=O) groups excluding carboxylic acids is 1. The zero-order chi connectivity index (χ0) is 15.6. The molecule has 0 aliphatic heterocycles. The van der Waals surface area contributed by atoms with Crippen LogP contribution in [-0.4, -0.2) is 26.0 Å². The van der Waals surface area contributed by atoms with E-state index in [1.54, 1.807) is 13.8 Å². The molecule has 112 valence electrons. The van der Waals surface area contributed by atoms with Gasteiger partial charge in [0, 0.05) is 11.8 Å². The summed E-state index contributed by atoms with van der Waals surface area (Å²) in [6, 6.07) is 3.06. The van der Waals surface area contributed by atoms with Gasteiger partial charge in [0.1, 0.15) is 17.8 Å². The molecule has 0 radical (unpaired) electrons. The predicted molar refractivity (Wildman–Crippen MR) is 70.3 cm³/mol. The monoisotopic (exact) mass is 296 g/mol. The summed E-state index contributed by atoms with van der Waals surface area (Å²) >= 11 is 0. The van der Waals surface area contributed by atoms with E-state index in [9.17, 15) is 18.7 Å². The van der Waals surface area contributed by atoms with Crippen LogP contribution in [0.3, 0.4) is 0 Å². The third-order valence-corrected chi connectivity index (χ3v) is 2.67. The van der Waals surface area contributed by atoms with Crippen LogP contribution in [0.2, 0.25) is 0 Å². The van der Waals surface area contributed by atoms with E-state index in [1.165, 1.54) is 16.9 Å². The van der Waals surface area contributed by atoms with Gasteiger partial charge in [-0.25, -0.2) is 13.5 Å². The van der Waals surface area contributed by atoms with Crippen molar-refractivity contribution in [3.63, 3.8) is 0 Å². The van der Waals surface area contributed by atoms with Gasteiger partial charge in [-0.2, -0.15) is 0 Å². The van der Waals surface area contributed by atoms with Gasteiger partial charge in [0.25, 0.3) is 0 Å². The first-order valence-corrected chi connectivity index (χ1v) is 6.13. The number of rotatable bonds is 4. The molecular formula is C13H14F2N4O2. The van der Waals surface area contributed by atoms with E-state index < -0.39 is 23.1 Å². The minimum absolute atomic E-state index is 0.140. The van der Waals surface area contributed by atoms with Gasteiger partial charge < -0.3 is 10.4 Å². The number of aromatic nitrogens is 3. The Morgan fingerprint density at radius 3 is 2.67 bits per heavy atom. The number of halogens is 2. The maximum atomic E-state index is 13.0. The summed E-state index contributed by atoms with van der Waals surface area (Å²) in [6.45, 7) is 2.92. The maximum Gasteiger partial charge on any atom is 0.246 e. The first kappa shape index (κ1) is 15.0. The van der Waals surface area contributed by atoms with Crippen LogP contribution in [-0.2, 0) is 16.9 Å². The molecule has 0 unspecified atom stereocenters. The van der Waals surface area contributed by atoms with Crippen LogP contribution < -0.4 is 5.32 Å². The summed E-state index contributed by atoms with van der Waals surface area (Å²) in [5.41, 5.74) is -0.695. The highest BCUT2D eigenvalue weighted by Gasteiger charge is 2.20. The fourth-order valence-corrected chi connectivity index (χ4v) is 1.58. The molecule has 6 nitrogen and oxygen atoms in total. The van der Waals surface area contributed by atoms with E-state index in [4.69, 9.17) is 0 Å². The molecule has 2 aromatic rings. The van der Waals surface area contributed by atoms with Crippen LogP contribution in [0.15, 0.2) is 24.4 Å². The van der Waals surface area contributed by atoms with Crippen molar-refractivity contribution in [1.82, 2.24) is 15.0 Å². The van der Waals surface area contributed by atoms with Crippen LogP contribution in [0.1, 0.15) is 19.5 Å². The Labute approximate surface area is 119 Å². The van der Waals surface area contributed by atoms with Gasteiger partial charge in [0.15, 0.2) is 11.6 Å². The lowest BCUT2D eigenvalue weighted by atomic mass is 10.1. The Balaban J connectivity index is 2.01. The van der Waals surface area contributed by atoms with Gasteiger partial charge in [-0.1, -0.05) is 5.21 Å². The van der Waals surface area contributed by atoms with Crippen LogP contribution in [0.4, 0.5) is 14.5 Å². The van der Waals surface area contributed by atoms with Gasteiger partial charge in [0.2, 0.25) is 5.91 Å². The summed E-state index contributed by atoms with van der Waals surface area (Å²) in [6.07, 6.45) is 1.44. The Morgan fingerprint density at radius 2 is 2.10 bits per heavy atom. The van der Waals surface area contributed by atoms with Gasteiger partial charge in [-0.05, 0) is 26.0 Å². The normalized spacial score (nSPS) is 11.5. The first-order chi connectivity index (χ1) is 9.75. The minimum atomic E-state index is -1.16. The molecular weight excluding hydrogens is 282 g/mol. The Kier molecular flexibility index (Phi) is 3.99. The van der Waals surface area contributed by atoms with Gasteiger partial charge in [-0.3, -0.25) is 4.79 Å². The van der Waals surface area contributed by atoms with Crippen molar-refractivity contribution in [2.75, 3.05) is 5.32 Å². The average molecular weight is 296 g/mol. The molecule has 0 spiro atoms. The molecule has 1 aromatic carbocycles. The van der Waals surface area contributed by atoms with Crippen LogP contribution in [0.5, 0.6) is 0 Å². The zero-order valence-electron chi connectivity index (χ0n) is 11.5. The largest absolute Gasteiger partial charge is 0.384 e. The first-order valence-electron chi connectivity index (χ1n) is 6.13. The van der Waals surface area contributed by atoms with E-state index in [0.29, 0.717) is 5.69 Å². The molecule has 0 saturated heterocycles. The highest BCUT2D eigenvalue weighted by molar-refractivity contribution is 5.90. The maximum absolute atomic E-state index is 13.0. The molecule has 1 amide bonds. The fourth-order valence-electron chi connectivity index (χ4n) is 1.58. The molecule has 2 N–H and O–H groups in total. The average Bonchev–Trinajstić information content (AvgIpc) is 2.82. The van der Waals surface area contributed by atoms with Crippen molar-refractivity contribution < 1.29 is 18.7 Å². The standard InChI is InChI=1S/C13H14F2N4O2/c1-13(2,21)11-6-19(18-17-11)7-12(20)16-8-3-4-9(14)10(15)5-8/h3-6,21H,7H2,1-2H3,(H,16,20). The van der Waals surface area contributed by atoms with Gasteiger partial charge >= 0.3 is 0 Å². The molecule has 8 heteroatoms. The lowest BCUT2D eigenvalue weighted by Gasteiger charge is -2.11. The third kappa shape index (κ3) is 3.82. The summed E-state index contributed by atoms with van der Waals surface area (Å²) in [5, 5.41) is 19.6.